The summed E-state index contributed by atoms with van der Waals surface area (Å²) in [5.41, 5.74) is 1.59. The van der Waals surface area contributed by atoms with E-state index in [9.17, 15) is 0 Å². The Labute approximate surface area is 136 Å². The maximum Gasteiger partial charge on any atom is 0.154 e. The van der Waals surface area contributed by atoms with Crippen LogP contribution in [0, 0.1) is 18.3 Å². The molecule has 5 heteroatoms. The molecule has 2 heterocycles. The molecule has 1 aromatic heterocycles. The molecule has 3 rings (SSSR count). The molecule has 1 aliphatic rings. The van der Waals surface area contributed by atoms with Gasteiger partial charge in [0.1, 0.15) is 5.75 Å². The molecule has 1 aromatic carbocycles. The van der Waals surface area contributed by atoms with Crippen molar-refractivity contribution in [3.63, 3.8) is 0 Å². The summed E-state index contributed by atoms with van der Waals surface area (Å²) >= 11 is 0. The molecule has 1 atom stereocenters. The topological polar surface area (TPSA) is 62.3 Å². The fourth-order valence-corrected chi connectivity index (χ4v) is 3.04. The predicted octanol–water partition coefficient (Wildman–Crippen LogP) is 3.46. The molecule has 0 amide bonds. The van der Waals surface area contributed by atoms with Crippen LogP contribution in [0.15, 0.2) is 34.9 Å². The average molecular weight is 311 g/mol. The van der Waals surface area contributed by atoms with Gasteiger partial charge in [0.25, 0.3) is 0 Å². The Hall–Kier alpha value is -2.32. The summed E-state index contributed by atoms with van der Waals surface area (Å²) in [4.78, 5) is 2.45. The Kier molecular flexibility index (Phi) is 4.94. The van der Waals surface area contributed by atoms with E-state index in [1.807, 2.05) is 25.1 Å². The molecular weight excluding hydrogens is 290 g/mol. The molecule has 120 valence electrons. The number of hydrogen-bond acceptors (Lipinski definition) is 5. The summed E-state index contributed by atoms with van der Waals surface area (Å²) in [7, 11) is 0. The zero-order chi connectivity index (χ0) is 16.1. The van der Waals surface area contributed by atoms with Gasteiger partial charge in [-0.25, -0.2) is 0 Å². The largest absolute Gasteiger partial charge is 0.494 e. The Balaban J connectivity index is 1.45. The van der Waals surface area contributed by atoms with Gasteiger partial charge < -0.3 is 9.26 Å². The van der Waals surface area contributed by atoms with Crippen molar-refractivity contribution in [2.75, 3.05) is 19.7 Å². The van der Waals surface area contributed by atoms with Crippen molar-refractivity contribution in [2.45, 2.75) is 32.2 Å². The number of hydrogen-bond donors (Lipinski definition) is 0. The van der Waals surface area contributed by atoms with E-state index in [-0.39, 0.29) is 0 Å². The van der Waals surface area contributed by atoms with Crippen molar-refractivity contribution in [3.8, 4) is 11.8 Å². The van der Waals surface area contributed by atoms with Crippen LogP contribution in [-0.4, -0.2) is 29.8 Å². The van der Waals surface area contributed by atoms with Crippen LogP contribution in [0.1, 0.15) is 42.3 Å². The van der Waals surface area contributed by atoms with Gasteiger partial charge in [-0.15, -0.1) is 0 Å². The molecule has 1 unspecified atom stereocenters. The van der Waals surface area contributed by atoms with Crippen LogP contribution in [0.4, 0.5) is 0 Å². The Morgan fingerprint density at radius 2 is 2.22 bits per heavy atom. The third kappa shape index (κ3) is 3.91. The summed E-state index contributed by atoms with van der Waals surface area (Å²) in [6.07, 6.45) is 3.29. The third-order valence-corrected chi connectivity index (χ3v) is 4.18. The lowest BCUT2D eigenvalue weighted by atomic mass is 10.1. The lowest BCUT2D eigenvalue weighted by Crippen LogP contribution is -2.25. The first-order valence-electron chi connectivity index (χ1n) is 8.06. The normalized spacial score (nSPS) is 18.0. The molecule has 2 aromatic rings. The third-order valence-electron chi connectivity index (χ3n) is 4.18. The molecule has 23 heavy (non-hydrogen) atoms. The van der Waals surface area contributed by atoms with Crippen molar-refractivity contribution in [1.82, 2.24) is 10.1 Å². The molecule has 1 saturated heterocycles. The van der Waals surface area contributed by atoms with Crippen LogP contribution in [0.25, 0.3) is 0 Å². The number of nitriles is 1. The Morgan fingerprint density at radius 1 is 1.39 bits per heavy atom. The predicted molar refractivity (Wildman–Crippen MR) is 86.1 cm³/mol. The van der Waals surface area contributed by atoms with Gasteiger partial charge in [-0.05, 0) is 57.0 Å². The molecule has 0 spiro atoms. The van der Waals surface area contributed by atoms with Crippen molar-refractivity contribution < 1.29 is 9.26 Å². The number of benzene rings is 1. The Bertz CT molecular complexity index is 672. The van der Waals surface area contributed by atoms with E-state index >= 15 is 0 Å². The van der Waals surface area contributed by atoms with E-state index in [0.29, 0.717) is 18.2 Å². The minimum absolute atomic E-state index is 0.353. The summed E-state index contributed by atoms with van der Waals surface area (Å²) < 4.78 is 11.2. The van der Waals surface area contributed by atoms with Crippen LogP contribution >= 0.6 is 0 Å². The van der Waals surface area contributed by atoms with Crippen molar-refractivity contribution in [1.29, 1.82) is 5.26 Å². The van der Waals surface area contributed by atoms with E-state index < -0.39 is 0 Å². The van der Waals surface area contributed by atoms with Crippen molar-refractivity contribution in [3.05, 3.63) is 47.3 Å². The van der Waals surface area contributed by atoms with E-state index in [0.717, 1.165) is 43.1 Å². The van der Waals surface area contributed by atoms with Gasteiger partial charge in [0.15, 0.2) is 5.76 Å². The van der Waals surface area contributed by atoms with Gasteiger partial charge in [0.05, 0.1) is 30.0 Å². The maximum atomic E-state index is 8.78. The minimum atomic E-state index is 0.353. The first kappa shape index (κ1) is 15.6. The molecule has 1 aliphatic heterocycles. The van der Waals surface area contributed by atoms with E-state index in [1.54, 1.807) is 12.1 Å². The fourth-order valence-electron chi connectivity index (χ4n) is 3.04. The molecule has 0 N–H and O–H groups in total. The molecule has 0 saturated carbocycles. The molecule has 0 aliphatic carbocycles. The highest BCUT2D eigenvalue weighted by Gasteiger charge is 2.28. The highest BCUT2D eigenvalue weighted by Crippen LogP contribution is 2.32. The lowest BCUT2D eigenvalue weighted by molar-refractivity contribution is 0.195. The second-order valence-electron chi connectivity index (χ2n) is 5.90. The lowest BCUT2D eigenvalue weighted by Gasteiger charge is -2.22. The van der Waals surface area contributed by atoms with E-state index in [1.165, 1.54) is 6.42 Å². The van der Waals surface area contributed by atoms with Gasteiger partial charge >= 0.3 is 0 Å². The molecule has 0 bridgehead atoms. The van der Waals surface area contributed by atoms with Crippen LogP contribution in [0.2, 0.25) is 0 Å². The second-order valence-corrected chi connectivity index (χ2v) is 5.90. The smallest absolute Gasteiger partial charge is 0.154 e. The molecular formula is C18H21N3O2. The standard InChI is InChI=1S/C18H21N3O2/c1-14-12-18(23-20-14)17-4-2-9-21(17)10-3-11-22-16-7-5-15(13-19)6-8-16/h5-8,12,17H,2-4,9-11H2,1H3. The number of ether oxygens (including phenoxy) is 1. The van der Waals surface area contributed by atoms with Gasteiger partial charge in [-0.2, -0.15) is 5.26 Å². The monoisotopic (exact) mass is 311 g/mol. The number of aryl methyl sites for hydroxylation is 1. The number of rotatable bonds is 6. The zero-order valence-corrected chi connectivity index (χ0v) is 13.4. The first-order chi connectivity index (χ1) is 11.3. The zero-order valence-electron chi connectivity index (χ0n) is 13.4. The number of aromatic nitrogens is 1. The average Bonchev–Trinajstić information content (AvgIpc) is 3.20. The SMILES string of the molecule is Cc1cc(C2CCCN2CCCOc2ccc(C#N)cc2)on1. The number of nitrogens with zero attached hydrogens (tertiary/aromatic N) is 3. The number of likely N-dealkylation sites (tertiary alicyclic amines) is 1. The Morgan fingerprint density at radius 3 is 2.91 bits per heavy atom. The summed E-state index contributed by atoms with van der Waals surface area (Å²) in [5, 5.41) is 12.8. The van der Waals surface area contributed by atoms with Crippen LogP contribution in [0.3, 0.4) is 0 Å². The summed E-state index contributed by atoms with van der Waals surface area (Å²) in [6.45, 7) is 4.71. The van der Waals surface area contributed by atoms with Gasteiger partial charge in [0, 0.05) is 12.6 Å². The summed E-state index contributed by atoms with van der Waals surface area (Å²) in [6, 6.07) is 11.7. The van der Waals surface area contributed by atoms with Gasteiger partial charge in [-0.1, -0.05) is 5.16 Å². The molecule has 1 fully saturated rings. The highest BCUT2D eigenvalue weighted by atomic mass is 16.5. The van der Waals surface area contributed by atoms with Crippen LogP contribution in [-0.2, 0) is 0 Å². The van der Waals surface area contributed by atoms with Crippen LogP contribution in [0.5, 0.6) is 5.75 Å². The fraction of sp³-hybridized carbons (Fsp3) is 0.444. The quantitative estimate of drug-likeness (QED) is 0.764. The van der Waals surface area contributed by atoms with Crippen LogP contribution < -0.4 is 4.74 Å². The summed E-state index contributed by atoms with van der Waals surface area (Å²) in [5.74, 6) is 1.79. The molecule has 0 radical (unpaired) electrons. The minimum Gasteiger partial charge on any atom is -0.494 e. The van der Waals surface area contributed by atoms with E-state index in [4.69, 9.17) is 14.5 Å². The molecule has 5 nitrogen and oxygen atoms in total. The second kappa shape index (κ2) is 7.30. The maximum absolute atomic E-state index is 8.78. The van der Waals surface area contributed by atoms with Crippen molar-refractivity contribution >= 4 is 0 Å². The van der Waals surface area contributed by atoms with Gasteiger partial charge in [-0.3, -0.25) is 4.90 Å². The van der Waals surface area contributed by atoms with Gasteiger partial charge in [0.2, 0.25) is 0 Å². The van der Waals surface area contributed by atoms with Crippen molar-refractivity contribution in [2.24, 2.45) is 0 Å². The van der Waals surface area contributed by atoms with E-state index in [2.05, 4.69) is 16.1 Å². The first-order valence-corrected chi connectivity index (χ1v) is 8.06. The highest BCUT2D eigenvalue weighted by molar-refractivity contribution is 5.34.